The quantitative estimate of drug-likeness (QED) is 0.349. The molecule has 10 heteroatoms. The summed E-state index contributed by atoms with van der Waals surface area (Å²) in [4.78, 5) is 32.5. The summed E-state index contributed by atoms with van der Waals surface area (Å²) in [7, 11) is 0. The number of esters is 1. The van der Waals surface area contributed by atoms with Gasteiger partial charge in [0.2, 0.25) is 0 Å². The molecule has 0 aliphatic carbocycles. The molecule has 0 bridgehead atoms. The van der Waals surface area contributed by atoms with Crippen molar-refractivity contribution in [3.63, 3.8) is 0 Å². The van der Waals surface area contributed by atoms with Gasteiger partial charge in [-0.25, -0.2) is 9.79 Å². The lowest BCUT2D eigenvalue weighted by Gasteiger charge is -2.24. The van der Waals surface area contributed by atoms with Crippen LogP contribution in [0.4, 0.5) is 8.78 Å². The zero-order valence-corrected chi connectivity index (χ0v) is 20.8. The SMILES string of the molecule is CCOC(=O)C1=C(C)N=c2s/c(=C/c3ccc(OC(F)F)cc3)c(=O)n2[C@@H]1c1ccc(SC)cc1. The molecule has 2 heterocycles. The Morgan fingerprint density at radius 2 is 1.89 bits per heavy atom. The molecule has 0 fully saturated rings. The number of aromatic nitrogens is 1. The number of ether oxygens (including phenoxy) is 2. The van der Waals surface area contributed by atoms with Crippen LogP contribution in [0.5, 0.6) is 5.75 Å². The normalized spacial score (nSPS) is 15.7. The molecule has 2 aromatic carbocycles. The third-order valence-corrected chi connectivity index (χ3v) is 7.08. The lowest BCUT2D eigenvalue weighted by Crippen LogP contribution is -2.39. The summed E-state index contributed by atoms with van der Waals surface area (Å²) < 4.78 is 36.4. The smallest absolute Gasteiger partial charge is 0.387 e. The molecule has 1 aliphatic rings. The molecule has 182 valence electrons. The van der Waals surface area contributed by atoms with Crippen LogP contribution in [0.3, 0.4) is 0 Å². The second kappa shape index (κ2) is 10.6. The number of benzene rings is 2. The first-order chi connectivity index (χ1) is 16.8. The van der Waals surface area contributed by atoms with Gasteiger partial charge in [0.05, 0.1) is 28.5 Å². The van der Waals surface area contributed by atoms with Gasteiger partial charge in [0, 0.05) is 4.90 Å². The summed E-state index contributed by atoms with van der Waals surface area (Å²) in [5.74, 6) is -0.487. The van der Waals surface area contributed by atoms with Crippen molar-refractivity contribution in [1.29, 1.82) is 0 Å². The highest BCUT2D eigenvalue weighted by atomic mass is 32.2. The molecular formula is C25H22F2N2O4S2. The molecule has 0 N–H and O–H groups in total. The molecule has 1 atom stereocenters. The minimum atomic E-state index is -2.91. The lowest BCUT2D eigenvalue weighted by atomic mass is 9.96. The average Bonchev–Trinajstić information content (AvgIpc) is 3.13. The minimum Gasteiger partial charge on any atom is -0.463 e. The molecule has 3 aromatic rings. The van der Waals surface area contributed by atoms with Gasteiger partial charge in [0.15, 0.2) is 4.80 Å². The molecule has 0 spiro atoms. The number of thiazole rings is 1. The summed E-state index contributed by atoms with van der Waals surface area (Å²) >= 11 is 2.79. The standard InChI is InChI=1S/C25H22F2N2O4S2/c1-4-32-23(31)20-14(2)28-25-29(21(20)16-7-11-18(34-3)12-8-16)22(30)19(35-25)13-15-5-9-17(10-6-15)33-24(26)27/h5-13,21,24H,4H2,1-3H3/b19-13+/t21-/m1/s1. The number of halogens is 2. The van der Waals surface area contributed by atoms with Gasteiger partial charge in [0.25, 0.3) is 5.56 Å². The first kappa shape index (κ1) is 24.9. The van der Waals surface area contributed by atoms with Gasteiger partial charge in [0.1, 0.15) is 5.75 Å². The van der Waals surface area contributed by atoms with Crippen molar-refractivity contribution in [2.24, 2.45) is 4.99 Å². The largest absolute Gasteiger partial charge is 0.463 e. The van der Waals surface area contributed by atoms with E-state index in [-0.39, 0.29) is 17.9 Å². The van der Waals surface area contributed by atoms with Crippen LogP contribution in [0.25, 0.3) is 6.08 Å². The fourth-order valence-electron chi connectivity index (χ4n) is 3.79. The number of nitrogens with zero attached hydrogens (tertiary/aromatic N) is 2. The van der Waals surface area contributed by atoms with Gasteiger partial charge in [-0.15, -0.1) is 11.8 Å². The third-order valence-electron chi connectivity index (χ3n) is 5.35. The second-order valence-corrected chi connectivity index (χ2v) is 9.41. The summed E-state index contributed by atoms with van der Waals surface area (Å²) in [5.41, 5.74) is 1.90. The van der Waals surface area contributed by atoms with Gasteiger partial charge >= 0.3 is 12.6 Å². The van der Waals surface area contributed by atoms with E-state index in [0.717, 1.165) is 10.5 Å². The van der Waals surface area contributed by atoms with Crippen molar-refractivity contribution in [3.8, 4) is 5.75 Å². The van der Waals surface area contributed by atoms with Gasteiger partial charge in [-0.2, -0.15) is 8.78 Å². The summed E-state index contributed by atoms with van der Waals surface area (Å²) in [6.45, 7) is 0.743. The van der Waals surface area contributed by atoms with E-state index in [1.165, 1.54) is 28.0 Å². The Hall–Kier alpha value is -3.24. The van der Waals surface area contributed by atoms with E-state index in [9.17, 15) is 18.4 Å². The van der Waals surface area contributed by atoms with Crippen LogP contribution in [0, 0.1) is 0 Å². The lowest BCUT2D eigenvalue weighted by molar-refractivity contribution is -0.139. The summed E-state index contributed by atoms with van der Waals surface area (Å²) in [6, 6.07) is 13.0. The highest BCUT2D eigenvalue weighted by molar-refractivity contribution is 7.98. The Labute approximate surface area is 208 Å². The number of allylic oxidation sites excluding steroid dienone is 1. The van der Waals surface area contributed by atoms with Crippen molar-refractivity contribution in [3.05, 3.63) is 90.6 Å². The van der Waals surface area contributed by atoms with Crippen LogP contribution in [-0.4, -0.2) is 30.0 Å². The molecule has 0 saturated heterocycles. The zero-order chi connectivity index (χ0) is 25.1. The first-order valence-electron chi connectivity index (χ1n) is 10.7. The van der Waals surface area contributed by atoms with Crippen LogP contribution in [0.2, 0.25) is 0 Å². The Morgan fingerprint density at radius 3 is 2.49 bits per heavy atom. The van der Waals surface area contributed by atoms with Gasteiger partial charge in [-0.3, -0.25) is 9.36 Å². The minimum absolute atomic E-state index is 0.0296. The Morgan fingerprint density at radius 1 is 1.20 bits per heavy atom. The molecule has 35 heavy (non-hydrogen) atoms. The number of hydrogen-bond donors (Lipinski definition) is 0. The Kier molecular flexibility index (Phi) is 7.51. The second-order valence-electron chi connectivity index (χ2n) is 7.52. The molecule has 0 unspecified atom stereocenters. The van der Waals surface area contributed by atoms with Crippen LogP contribution < -0.4 is 19.6 Å². The molecule has 0 amide bonds. The molecule has 0 saturated carbocycles. The molecular weight excluding hydrogens is 494 g/mol. The van der Waals surface area contributed by atoms with E-state index in [1.807, 2.05) is 30.5 Å². The van der Waals surface area contributed by atoms with Crippen LogP contribution in [0.15, 0.2) is 74.5 Å². The predicted molar refractivity (Wildman–Crippen MR) is 132 cm³/mol. The molecule has 6 nitrogen and oxygen atoms in total. The van der Waals surface area contributed by atoms with Crippen molar-refractivity contribution in [1.82, 2.24) is 4.57 Å². The van der Waals surface area contributed by atoms with E-state index in [0.29, 0.717) is 26.2 Å². The first-order valence-corrected chi connectivity index (χ1v) is 12.7. The third kappa shape index (κ3) is 5.23. The van der Waals surface area contributed by atoms with Gasteiger partial charge in [-0.1, -0.05) is 35.6 Å². The van der Waals surface area contributed by atoms with Crippen LogP contribution in [0.1, 0.15) is 31.0 Å². The fourth-order valence-corrected chi connectivity index (χ4v) is 5.24. The number of rotatable bonds is 7. The topological polar surface area (TPSA) is 69.9 Å². The van der Waals surface area contributed by atoms with E-state index in [1.54, 1.807) is 43.8 Å². The summed E-state index contributed by atoms with van der Waals surface area (Å²) in [6.07, 6.45) is 3.63. The number of carbonyl (C=O) groups excluding carboxylic acids is 1. The van der Waals surface area contributed by atoms with E-state index in [4.69, 9.17) is 4.74 Å². The maximum Gasteiger partial charge on any atom is 0.387 e. The predicted octanol–water partition coefficient (Wildman–Crippen LogP) is 4.12. The van der Waals surface area contributed by atoms with Crippen molar-refractivity contribution in [2.75, 3.05) is 12.9 Å². The molecule has 0 radical (unpaired) electrons. The van der Waals surface area contributed by atoms with Crippen LogP contribution in [-0.2, 0) is 9.53 Å². The number of hydrogen-bond acceptors (Lipinski definition) is 7. The van der Waals surface area contributed by atoms with E-state index in [2.05, 4.69) is 9.73 Å². The zero-order valence-electron chi connectivity index (χ0n) is 19.2. The maximum atomic E-state index is 13.5. The Bertz CT molecular complexity index is 1440. The summed E-state index contributed by atoms with van der Waals surface area (Å²) in [5, 5.41) is 0. The Balaban J connectivity index is 1.85. The number of carbonyl (C=O) groups is 1. The number of thioether (sulfide) groups is 1. The van der Waals surface area contributed by atoms with Crippen molar-refractivity contribution < 1.29 is 23.0 Å². The van der Waals surface area contributed by atoms with Gasteiger partial charge in [-0.05, 0) is 61.6 Å². The molecule has 1 aromatic heterocycles. The highest BCUT2D eigenvalue weighted by Crippen LogP contribution is 2.31. The van der Waals surface area contributed by atoms with Crippen molar-refractivity contribution >= 4 is 35.1 Å². The molecule has 4 rings (SSSR count). The average molecular weight is 517 g/mol. The maximum absolute atomic E-state index is 13.5. The van der Waals surface area contributed by atoms with Gasteiger partial charge < -0.3 is 9.47 Å². The van der Waals surface area contributed by atoms with Crippen LogP contribution >= 0.6 is 23.1 Å². The van der Waals surface area contributed by atoms with E-state index >= 15 is 0 Å². The number of fused-ring (bicyclic) bond motifs is 1. The van der Waals surface area contributed by atoms with Crippen molar-refractivity contribution in [2.45, 2.75) is 31.4 Å². The monoisotopic (exact) mass is 516 g/mol. The fraction of sp³-hybridized carbons (Fsp3) is 0.240. The molecule has 1 aliphatic heterocycles. The number of alkyl halides is 2. The van der Waals surface area contributed by atoms with E-state index < -0.39 is 18.6 Å². The highest BCUT2D eigenvalue weighted by Gasteiger charge is 2.33.